The molecule has 0 spiro atoms. The van der Waals surface area contributed by atoms with Gasteiger partial charge in [-0.2, -0.15) is 0 Å². The Morgan fingerprint density at radius 1 is 1.42 bits per heavy atom. The van der Waals surface area contributed by atoms with E-state index in [1.807, 2.05) is 19.0 Å². The molecule has 19 heavy (non-hydrogen) atoms. The van der Waals surface area contributed by atoms with Crippen LogP contribution in [-0.2, 0) is 4.79 Å². The molecule has 0 bridgehead atoms. The zero-order valence-electron chi connectivity index (χ0n) is 11.2. The highest BCUT2D eigenvalue weighted by atomic mass is 35.5. The van der Waals surface area contributed by atoms with Crippen molar-refractivity contribution < 1.29 is 9.53 Å². The number of amides is 1. The highest BCUT2D eigenvalue weighted by Gasteiger charge is 2.15. The summed E-state index contributed by atoms with van der Waals surface area (Å²) >= 11 is 11.8. The van der Waals surface area contributed by atoms with Crippen LogP contribution in [0.2, 0.25) is 10.0 Å². The summed E-state index contributed by atoms with van der Waals surface area (Å²) in [5.74, 6) is 0.272. The smallest absolute Gasteiger partial charge is 0.260 e. The quantitative estimate of drug-likeness (QED) is 0.878. The second-order valence-corrected chi connectivity index (χ2v) is 5.27. The summed E-state index contributed by atoms with van der Waals surface area (Å²) < 4.78 is 5.50. The van der Waals surface area contributed by atoms with Crippen LogP contribution in [0.1, 0.15) is 6.92 Å². The maximum absolute atomic E-state index is 11.8. The average Bonchev–Trinajstić information content (AvgIpc) is 2.32. The van der Waals surface area contributed by atoms with Gasteiger partial charge in [0.25, 0.3) is 5.91 Å². The molecule has 6 heteroatoms. The van der Waals surface area contributed by atoms with Gasteiger partial charge in [-0.1, -0.05) is 23.2 Å². The minimum atomic E-state index is -0.610. The first-order chi connectivity index (χ1) is 8.90. The molecule has 0 saturated carbocycles. The van der Waals surface area contributed by atoms with Crippen LogP contribution in [0.4, 0.5) is 0 Å². The predicted molar refractivity (Wildman–Crippen MR) is 78.1 cm³/mol. The van der Waals surface area contributed by atoms with Crippen LogP contribution in [0.3, 0.4) is 0 Å². The Kier molecular flexibility index (Phi) is 6.42. The Labute approximate surface area is 123 Å². The van der Waals surface area contributed by atoms with Crippen LogP contribution in [0.25, 0.3) is 0 Å². The molecule has 4 nitrogen and oxygen atoms in total. The first-order valence-corrected chi connectivity index (χ1v) is 6.70. The van der Waals surface area contributed by atoms with E-state index in [0.717, 1.165) is 6.54 Å². The lowest BCUT2D eigenvalue weighted by Gasteiger charge is -2.16. The summed E-state index contributed by atoms with van der Waals surface area (Å²) in [7, 11) is 3.89. The van der Waals surface area contributed by atoms with E-state index in [-0.39, 0.29) is 5.91 Å². The van der Waals surface area contributed by atoms with Crippen LogP contribution in [-0.4, -0.2) is 44.1 Å². The third kappa shape index (κ3) is 5.68. The van der Waals surface area contributed by atoms with Crippen LogP contribution in [0.5, 0.6) is 5.75 Å². The van der Waals surface area contributed by atoms with Gasteiger partial charge < -0.3 is 15.0 Å². The van der Waals surface area contributed by atoms with Crippen molar-refractivity contribution in [3.8, 4) is 5.75 Å². The Bertz CT molecular complexity index is 439. The summed E-state index contributed by atoms with van der Waals surface area (Å²) in [5.41, 5.74) is 0. The molecule has 0 fully saturated rings. The first kappa shape index (κ1) is 16.1. The standard InChI is InChI=1S/C13H18Cl2N2O2/c1-9(13(18)16-6-7-17(2)3)19-12-5-4-10(14)8-11(12)15/h4-5,8-9H,6-7H2,1-3H3,(H,16,18). The van der Waals surface area contributed by atoms with E-state index in [1.54, 1.807) is 25.1 Å². The minimum Gasteiger partial charge on any atom is -0.479 e. The van der Waals surface area contributed by atoms with E-state index >= 15 is 0 Å². The maximum Gasteiger partial charge on any atom is 0.260 e. The number of rotatable bonds is 6. The number of carbonyl (C=O) groups is 1. The van der Waals surface area contributed by atoms with Crippen molar-refractivity contribution in [1.82, 2.24) is 10.2 Å². The maximum atomic E-state index is 11.8. The van der Waals surface area contributed by atoms with E-state index in [1.165, 1.54) is 0 Å². The number of ether oxygens (including phenoxy) is 1. The number of likely N-dealkylation sites (N-methyl/N-ethyl adjacent to an activating group) is 1. The molecule has 1 unspecified atom stereocenters. The van der Waals surface area contributed by atoms with Crippen molar-refractivity contribution in [1.29, 1.82) is 0 Å². The lowest BCUT2D eigenvalue weighted by molar-refractivity contribution is -0.127. The van der Waals surface area contributed by atoms with E-state index in [2.05, 4.69) is 5.32 Å². The molecule has 106 valence electrons. The van der Waals surface area contributed by atoms with Crippen molar-refractivity contribution in [2.45, 2.75) is 13.0 Å². The molecule has 1 aromatic carbocycles. The summed E-state index contributed by atoms with van der Waals surface area (Å²) in [6, 6.07) is 4.89. The second kappa shape index (κ2) is 7.58. The summed E-state index contributed by atoms with van der Waals surface area (Å²) in [6.45, 7) is 3.03. The second-order valence-electron chi connectivity index (χ2n) is 4.43. The van der Waals surface area contributed by atoms with Gasteiger partial charge in [-0.15, -0.1) is 0 Å². The van der Waals surface area contributed by atoms with Crippen LogP contribution >= 0.6 is 23.2 Å². The number of halogens is 2. The van der Waals surface area contributed by atoms with Crippen molar-refractivity contribution in [2.24, 2.45) is 0 Å². The SMILES string of the molecule is CC(Oc1ccc(Cl)cc1Cl)C(=O)NCCN(C)C. The molecule has 1 N–H and O–H groups in total. The molecule has 0 heterocycles. The van der Waals surface area contributed by atoms with Crippen molar-refractivity contribution in [3.05, 3.63) is 28.2 Å². The molecule has 0 aliphatic heterocycles. The van der Waals surface area contributed by atoms with Gasteiger partial charge >= 0.3 is 0 Å². The van der Waals surface area contributed by atoms with Gasteiger partial charge in [-0.05, 0) is 39.2 Å². The van der Waals surface area contributed by atoms with Gasteiger partial charge in [0.1, 0.15) is 5.75 Å². The van der Waals surface area contributed by atoms with Crippen molar-refractivity contribution >= 4 is 29.1 Å². The van der Waals surface area contributed by atoms with Gasteiger partial charge in [0.05, 0.1) is 5.02 Å². The Balaban J connectivity index is 2.49. The number of hydrogen-bond donors (Lipinski definition) is 1. The summed E-state index contributed by atoms with van der Waals surface area (Å²) in [5, 5.41) is 3.71. The molecule has 1 atom stereocenters. The summed E-state index contributed by atoms with van der Waals surface area (Å²) in [4.78, 5) is 13.8. The first-order valence-electron chi connectivity index (χ1n) is 5.94. The third-order valence-corrected chi connectivity index (χ3v) is 2.96. The van der Waals surface area contributed by atoms with Crippen molar-refractivity contribution in [2.75, 3.05) is 27.2 Å². The Morgan fingerprint density at radius 3 is 2.68 bits per heavy atom. The normalized spacial score (nSPS) is 12.3. The number of hydrogen-bond acceptors (Lipinski definition) is 3. The topological polar surface area (TPSA) is 41.6 Å². The highest BCUT2D eigenvalue weighted by molar-refractivity contribution is 6.35. The average molecular weight is 305 g/mol. The molecular formula is C13H18Cl2N2O2. The van der Waals surface area contributed by atoms with Gasteiger partial charge in [-0.25, -0.2) is 0 Å². The molecule has 0 aromatic heterocycles. The fourth-order valence-electron chi connectivity index (χ4n) is 1.36. The van der Waals surface area contributed by atoms with E-state index in [0.29, 0.717) is 22.3 Å². The number of nitrogens with one attached hydrogen (secondary N) is 1. The van der Waals surface area contributed by atoms with Crippen molar-refractivity contribution in [3.63, 3.8) is 0 Å². The summed E-state index contributed by atoms with van der Waals surface area (Å²) in [6.07, 6.45) is -0.610. The zero-order chi connectivity index (χ0) is 14.4. The molecule has 0 aliphatic rings. The van der Waals surface area contributed by atoms with Crippen LogP contribution in [0.15, 0.2) is 18.2 Å². The number of nitrogens with zero attached hydrogens (tertiary/aromatic N) is 1. The number of carbonyl (C=O) groups excluding carboxylic acids is 1. The molecule has 1 aromatic rings. The van der Waals surface area contributed by atoms with E-state index < -0.39 is 6.10 Å². The molecule has 0 aliphatic carbocycles. The molecular weight excluding hydrogens is 287 g/mol. The fourth-order valence-corrected chi connectivity index (χ4v) is 1.81. The van der Waals surface area contributed by atoms with Gasteiger partial charge in [0, 0.05) is 18.1 Å². The number of benzene rings is 1. The molecule has 1 rings (SSSR count). The largest absolute Gasteiger partial charge is 0.479 e. The van der Waals surface area contributed by atoms with E-state index in [9.17, 15) is 4.79 Å². The van der Waals surface area contributed by atoms with Gasteiger partial charge in [-0.3, -0.25) is 4.79 Å². The minimum absolute atomic E-state index is 0.173. The fraction of sp³-hybridized carbons (Fsp3) is 0.462. The van der Waals surface area contributed by atoms with Crippen LogP contribution in [0, 0.1) is 0 Å². The lowest BCUT2D eigenvalue weighted by atomic mass is 10.3. The lowest BCUT2D eigenvalue weighted by Crippen LogP contribution is -2.39. The monoisotopic (exact) mass is 304 g/mol. The molecule has 1 amide bonds. The van der Waals surface area contributed by atoms with Gasteiger partial charge in [0.15, 0.2) is 6.10 Å². The van der Waals surface area contributed by atoms with Crippen LogP contribution < -0.4 is 10.1 Å². The zero-order valence-corrected chi connectivity index (χ0v) is 12.8. The van der Waals surface area contributed by atoms with E-state index in [4.69, 9.17) is 27.9 Å². The predicted octanol–water partition coefficient (Wildman–Crippen LogP) is 2.44. The highest BCUT2D eigenvalue weighted by Crippen LogP contribution is 2.28. The Morgan fingerprint density at radius 2 is 2.11 bits per heavy atom. The molecule has 0 saturated heterocycles. The van der Waals surface area contributed by atoms with Gasteiger partial charge in [0.2, 0.25) is 0 Å². The molecule has 0 radical (unpaired) electrons. The Hall–Kier alpha value is -0.970. The third-order valence-electron chi connectivity index (χ3n) is 2.43.